The Kier molecular flexibility index (Phi) is 5.20. The number of rotatable bonds is 3. The Hall–Kier alpha value is -5.34. The second kappa shape index (κ2) is 9.08. The van der Waals surface area contributed by atoms with E-state index in [1.165, 1.54) is 43.8 Å². The summed E-state index contributed by atoms with van der Waals surface area (Å²) >= 11 is 0. The lowest BCUT2D eigenvalue weighted by Gasteiger charge is -2.26. The number of anilines is 3. The molecule has 0 unspecified atom stereocenters. The van der Waals surface area contributed by atoms with Crippen LogP contribution in [-0.2, 0) is 5.41 Å². The summed E-state index contributed by atoms with van der Waals surface area (Å²) in [6, 6.07) is 48.6. The largest absolute Gasteiger partial charge is 0.454 e. The van der Waals surface area contributed by atoms with Crippen molar-refractivity contribution in [3.63, 3.8) is 0 Å². The highest BCUT2D eigenvalue weighted by atomic mass is 16.3. The number of nitrogens with zero attached hydrogens (tertiary/aromatic N) is 1. The molecule has 0 aliphatic heterocycles. The van der Waals surface area contributed by atoms with Gasteiger partial charge in [0.2, 0.25) is 0 Å². The van der Waals surface area contributed by atoms with Gasteiger partial charge >= 0.3 is 0 Å². The Morgan fingerprint density at radius 3 is 1.86 bits per heavy atom. The SMILES string of the molecule is Cc1cccc2c1oc1c(N(c3ccccc3)c3ccc4cc5c(cc4c3)C(C)(C)c3cc4ccccc4cc3-5)cccc12. The second-order valence-corrected chi connectivity index (χ2v) is 12.7. The molecule has 9 rings (SSSR count). The molecule has 0 fully saturated rings. The third kappa shape index (κ3) is 3.55. The Labute approximate surface area is 256 Å². The smallest absolute Gasteiger partial charge is 0.159 e. The van der Waals surface area contributed by atoms with Gasteiger partial charge in [-0.3, -0.25) is 0 Å². The van der Waals surface area contributed by atoms with Crippen LogP contribution in [-0.4, -0.2) is 0 Å². The van der Waals surface area contributed by atoms with Crippen LogP contribution >= 0.6 is 0 Å². The van der Waals surface area contributed by atoms with Gasteiger partial charge in [0.05, 0.1) is 5.69 Å². The molecule has 44 heavy (non-hydrogen) atoms. The van der Waals surface area contributed by atoms with Crippen molar-refractivity contribution in [2.24, 2.45) is 0 Å². The van der Waals surface area contributed by atoms with Gasteiger partial charge in [0.15, 0.2) is 5.58 Å². The highest BCUT2D eigenvalue weighted by Gasteiger charge is 2.36. The van der Waals surface area contributed by atoms with Crippen LogP contribution in [0.15, 0.2) is 138 Å². The van der Waals surface area contributed by atoms with Gasteiger partial charge in [-0.1, -0.05) is 92.7 Å². The number of para-hydroxylation sites is 3. The summed E-state index contributed by atoms with van der Waals surface area (Å²) in [5, 5.41) is 7.35. The van der Waals surface area contributed by atoms with Gasteiger partial charge in [-0.05, 0) is 111 Å². The summed E-state index contributed by atoms with van der Waals surface area (Å²) in [7, 11) is 0. The molecule has 7 aromatic carbocycles. The fourth-order valence-electron chi connectivity index (χ4n) is 7.42. The normalized spacial score (nSPS) is 13.5. The molecule has 8 aromatic rings. The quantitative estimate of drug-likeness (QED) is 0.212. The second-order valence-electron chi connectivity index (χ2n) is 12.7. The number of hydrogen-bond acceptors (Lipinski definition) is 2. The average Bonchev–Trinajstić information content (AvgIpc) is 3.53. The zero-order valence-electron chi connectivity index (χ0n) is 25.1. The maximum atomic E-state index is 6.64. The van der Waals surface area contributed by atoms with Crippen molar-refractivity contribution in [1.29, 1.82) is 0 Å². The Balaban J connectivity index is 1.26. The first-order valence-corrected chi connectivity index (χ1v) is 15.4. The van der Waals surface area contributed by atoms with E-state index in [1.54, 1.807) is 0 Å². The van der Waals surface area contributed by atoms with Gasteiger partial charge in [-0.15, -0.1) is 0 Å². The van der Waals surface area contributed by atoms with Crippen LogP contribution in [0, 0.1) is 6.92 Å². The van der Waals surface area contributed by atoms with E-state index >= 15 is 0 Å². The van der Waals surface area contributed by atoms with Gasteiger partial charge in [0, 0.05) is 27.6 Å². The number of fused-ring (bicyclic) bond motifs is 8. The maximum absolute atomic E-state index is 6.64. The first-order chi connectivity index (χ1) is 21.5. The fraction of sp³-hybridized carbons (Fsp3) is 0.0952. The molecule has 0 saturated carbocycles. The number of aryl methyl sites for hydroxylation is 1. The molecule has 2 heteroatoms. The molecule has 0 bridgehead atoms. The first-order valence-electron chi connectivity index (χ1n) is 15.4. The van der Waals surface area contributed by atoms with Crippen molar-refractivity contribution in [2.45, 2.75) is 26.2 Å². The van der Waals surface area contributed by atoms with Gasteiger partial charge in [-0.25, -0.2) is 0 Å². The van der Waals surface area contributed by atoms with Crippen molar-refractivity contribution in [2.75, 3.05) is 4.90 Å². The van der Waals surface area contributed by atoms with Crippen molar-refractivity contribution < 1.29 is 4.42 Å². The minimum absolute atomic E-state index is 0.0876. The van der Waals surface area contributed by atoms with Crippen molar-refractivity contribution >= 4 is 60.5 Å². The minimum atomic E-state index is -0.0876. The molecular weight excluding hydrogens is 534 g/mol. The van der Waals surface area contributed by atoms with E-state index in [-0.39, 0.29) is 5.41 Å². The van der Waals surface area contributed by atoms with Gasteiger partial charge in [0.25, 0.3) is 0 Å². The third-order valence-corrected chi connectivity index (χ3v) is 9.70. The molecular formula is C42H31NO. The van der Waals surface area contributed by atoms with Crippen LogP contribution in [0.2, 0.25) is 0 Å². The van der Waals surface area contributed by atoms with Gasteiger partial charge in [-0.2, -0.15) is 0 Å². The summed E-state index contributed by atoms with van der Waals surface area (Å²) in [6.07, 6.45) is 0. The molecule has 0 spiro atoms. The molecule has 2 nitrogen and oxygen atoms in total. The Morgan fingerprint density at radius 1 is 0.500 bits per heavy atom. The van der Waals surface area contributed by atoms with Crippen LogP contribution in [0.4, 0.5) is 17.1 Å². The fourth-order valence-corrected chi connectivity index (χ4v) is 7.42. The third-order valence-electron chi connectivity index (χ3n) is 9.70. The molecule has 1 heterocycles. The summed E-state index contributed by atoms with van der Waals surface area (Å²) < 4.78 is 6.64. The van der Waals surface area contributed by atoms with E-state index in [4.69, 9.17) is 4.42 Å². The standard InChI is InChI=1S/C42H31NO/c1-26-11-9-16-33-34-17-10-18-39(41(34)44-40(26)33)43(31-14-5-4-6-15-31)32-20-19-29-23-36-35-22-27-12-7-8-13-28(27)24-37(35)42(2,3)38(36)25-30(29)21-32/h4-25H,1-3H3. The van der Waals surface area contributed by atoms with E-state index in [2.05, 4.69) is 159 Å². The summed E-state index contributed by atoms with van der Waals surface area (Å²) in [6.45, 7) is 6.84. The number of furan rings is 1. The predicted molar refractivity (Wildman–Crippen MR) is 186 cm³/mol. The highest BCUT2D eigenvalue weighted by molar-refractivity contribution is 6.11. The van der Waals surface area contributed by atoms with Crippen molar-refractivity contribution in [3.8, 4) is 11.1 Å². The molecule has 210 valence electrons. The van der Waals surface area contributed by atoms with E-state index < -0.39 is 0 Å². The zero-order valence-corrected chi connectivity index (χ0v) is 25.1. The number of benzene rings is 7. The zero-order chi connectivity index (χ0) is 29.6. The van der Waals surface area contributed by atoms with Gasteiger partial charge in [0.1, 0.15) is 5.58 Å². The van der Waals surface area contributed by atoms with E-state index in [1.807, 2.05) is 0 Å². The molecule has 1 aliphatic carbocycles. The van der Waals surface area contributed by atoms with Crippen LogP contribution in [0.1, 0.15) is 30.5 Å². The lowest BCUT2D eigenvalue weighted by Crippen LogP contribution is -2.15. The van der Waals surface area contributed by atoms with Crippen LogP contribution in [0.3, 0.4) is 0 Å². The molecule has 0 N–H and O–H groups in total. The van der Waals surface area contributed by atoms with Crippen LogP contribution < -0.4 is 4.90 Å². The monoisotopic (exact) mass is 565 g/mol. The minimum Gasteiger partial charge on any atom is -0.454 e. The van der Waals surface area contributed by atoms with Crippen LogP contribution in [0.25, 0.3) is 54.6 Å². The van der Waals surface area contributed by atoms with E-state index in [0.717, 1.165) is 44.6 Å². The Bertz CT molecular complexity index is 2430. The van der Waals surface area contributed by atoms with Crippen LogP contribution in [0.5, 0.6) is 0 Å². The maximum Gasteiger partial charge on any atom is 0.159 e. The van der Waals surface area contributed by atoms with E-state index in [9.17, 15) is 0 Å². The van der Waals surface area contributed by atoms with Crippen molar-refractivity contribution in [1.82, 2.24) is 0 Å². The molecule has 0 saturated heterocycles. The topological polar surface area (TPSA) is 16.4 Å². The summed E-state index contributed by atoms with van der Waals surface area (Å²) in [4.78, 5) is 2.33. The predicted octanol–water partition coefficient (Wildman–Crippen LogP) is 12.0. The van der Waals surface area contributed by atoms with E-state index in [0.29, 0.717) is 0 Å². The lowest BCUT2D eigenvalue weighted by atomic mass is 9.81. The summed E-state index contributed by atoms with van der Waals surface area (Å²) in [5.74, 6) is 0. The molecule has 1 aromatic heterocycles. The molecule has 0 amide bonds. The highest BCUT2D eigenvalue weighted by Crippen LogP contribution is 2.51. The number of hydrogen-bond donors (Lipinski definition) is 0. The molecule has 1 aliphatic rings. The average molecular weight is 566 g/mol. The Morgan fingerprint density at radius 2 is 1.11 bits per heavy atom. The lowest BCUT2D eigenvalue weighted by molar-refractivity contribution is 0.662. The molecule has 0 radical (unpaired) electrons. The summed E-state index contributed by atoms with van der Waals surface area (Å²) in [5.41, 5.74) is 11.6. The van der Waals surface area contributed by atoms with Crippen molar-refractivity contribution in [3.05, 3.63) is 150 Å². The van der Waals surface area contributed by atoms with Gasteiger partial charge < -0.3 is 9.32 Å². The molecule has 0 atom stereocenters. The first kappa shape index (κ1) is 25.2.